The predicted octanol–water partition coefficient (Wildman–Crippen LogP) is 2.70. The first-order valence-electron chi connectivity index (χ1n) is 7.70. The zero-order valence-corrected chi connectivity index (χ0v) is 16.0. The van der Waals surface area contributed by atoms with Crippen LogP contribution in [0.4, 0.5) is 16.5 Å². The molecule has 1 aromatic heterocycles. The average molecular weight is 390 g/mol. The van der Waals surface area contributed by atoms with Crippen molar-refractivity contribution in [1.29, 1.82) is 5.26 Å². The minimum atomic E-state index is -0.138. The average Bonchev–Trinajstić information content (AvgIpc) is 3.04. The summed E-state index contributed by atoms with van der Waals surface area (Å²) in [4.78, 5) is 24.6. The van der Waals surface area contributed by atoms with Crippen LogP contribution in [0.5, 0.6) is 0 Å². The van der Waals surface area contributed by atoms with Gasteiger partial charge in [-0.05, 0) is 18.2 Å². The number of nitriles is 1. The number of aromatic nitrogens is 2. The summed E-state index contributed by atoms with van der Waals surface area (Å²) in [6.45, 7) is 1.87. The second-order valence-corrected chi connectivity index (χ2v) is 7.47. The highest BCUT2D eigenvalue weighted by Gasteiger charge is 2.12. The molecule has 2 aromatic rings. The van der Waals surface area contributed by atoms with Gasteiger partial charge in [-0.25, -0.2) is 0 Å². The second-order valence-electron chi connectivity index (χ2n) is 5.27. The standard InChI is InChI=1S/C16H18N6O2S2/c1-11(23)18-12-5-3-6-13(9-12)19-15-20-21-16(26-15)25-10-14(24)22(2)8-4-7-17/h3,5-6,9H,4,8,10H2,1-2H3,(H,18,23)(H,19,20). The topological polar surface area (TPSA) is 111 Å². The molecule has 136 valence electrons. The Balaban J connectivity index is 1.89. The Morgan fingerprint density at radius 3 is 2.85 bits per heavy atom. The van der Waals surface area contributed by atoms with E-state index in [0.717, 1.165) is 5.69 Å². The van der Waals surface area contributed by atoms with Crippen molar-refractivity contribution in [2.75, 3.05) is 30.0 Å². The van der Waals surface area contributed by atoms with Gasteiger partial charge < -0.3 is 15.5 Å². The molecule has 2 N–H and O–H groups in total. The highest BCUT2D eigenvalue weighted by atomic mass is 32.2. The molecule has 0 radical (unpaired) electrons. The van der Waals surface area contributed by atoms with Gasteiger partial charge >= 0.3 is 0 Å². The molecule has 0 aliphatic carbocycles. The molecule has 0 saturated heterocycles. The number of nitrogens with one attached hydrogen (secondary N) is 2. The molecule has 10 heteroatoms. The van der Waals surface area contributed by atoms with Crippen molar-refractivity contribution in [3.63, 3.8) is 0 Å². The Hall–Kier alpha value is -2.64. The molecule has 0 spiro atoms. The van der Waals surface area contributed by atoms with Crippen molar-refractivity contribution in [3.8, 4) is 6.07 Å². The molecular weight excluding hydrogens is 372 g/mol. The van der Waals surface area contributed by atoms with Crippen LogP contribution < -0.4 is 10.6 Å². The van der Waals surface area contributed by atoms with Gasteiger partial charge in [0.2, 0.25) is 16.9 Å². The van der Waals surface area contributed by atoms with Gasteiger partial charge in [0.25, 0.3) is 0 Å². The van der Waals surface area contributed by atoms with E-state index in [2.05, 4.69) is 20.8 Å². The quantitative estimate of drug-likeness (QED) is 0.667. The van der Waals surface area contributed by atoms with Crippen LogP contribution in [-0.4, -0.2) is 46.3 Å². The van der Waals surface area contributed by atoms with E-state index in [9.17, 15) is 9.59 Å². The summed E-state index contributed by atoms with van der Waals surface area (Å²) < 4.78 is 0.674. The smallest absolute Gasteiger partial charge is 0.232 e. The third kappa shape index (κ3) is 6.34. The number of carbonyl (C=O) groups is 2. The van der Waals surface area contributed by atoms with Crippen LogP contribution >= 0.6 is 23.1 Å². The van der Waals surface area contributed by atoms with Gasteiger partial charge in [-0.15, -0.1) is 10.2 Å². The Morgan fingerprint density at radius 1 is 1.35 bits per heavy atom. The third-order valence-electron chi connectivity index (χ3n) is 3.14. The summed E-state index contributed by atoms with van der Waals surface area (Å²) >= 11 is 2.65. The molecule has 26 heavy (non-hydrogen) atoms. The third-order valence-corrected chi connectivity index (χ3v) is 5.10. The number of hydrogen-bond donors (Lipinski definition) is 2. The number of rotatable bonds is 8. The molecule has 0 fully saturated rings. The Bertz CT molecular complexity index is 817. The summed E-state index contributed by atoms with van der Waals surface area (Å²) in [6, 6.07) is 9.28. The zero-order valence-electron chi connectivity index (χ0n) is 14.4. The minimum absolute atomic E-state index is 0.0574. The summed E-state index contributed by atoms with van der Waals surface area (Å²) in [5.74, 6) is 0.0494. The fourth-order valence-electron chi connectivity index (χ4n) is 1.90. The lowest BCUT2D eigenvalue weighted by Crippen LogP contribution is -2.29. The van der Waals surface area contributed by atoms with Crippen LogP contribution in [0.15, 0.2) is 28.6 Å². The molecule has 0 atom stereocenters. The van der Waals surface area contributed by atoms with E-state index in [-0.39, 0.29) is 17.6 Å². The van der Waals surface area contributed by atoms with E-state index in [1.54, 1.807) is 19.2 Å². The first kappa shape index (κ1) is 19.7. The van der Waals surface area contributed by atoms with Gasteiger partial charge in [-0.1, -0.05) is 29.2 Å². The lowest BCUT2D eigenvalue weighted by atomic mass is 10.3. The summed E-state index contributed by atoms with van der Waals surface area (Å²) in [6.07, 6.45) is 0.317. The summed E-state index contributed by atoms with van der Waals surface area (Å²) in [7, 11) is 1.68. The molecule has 0 unspecified atom stereocenters. The lowest BCUT2D eigenvalue weighted by Gasteiger charge is -2.14. The molecule has 1 heterocycles. The first-order chi connectivity index (χ1) is 12.5. The molecule has 0 aliphatic rings. The minimum Gasteiger partial charge on any atom is -0.344 e. The van der Waals surface area contributed by atoms with Crippen molar-refractivity contribution in [2.24, 2.45) is 0 Å². The van der Waals surface area contributed by atoms with Crippen molar-refractivity contribution < 1.29 is 9.59 Å². The summed E-state index contributed by atoms with van der Waals surface area (Å²) in [5, 5.41) is 23.1. The fourth-order valence-corrected chi connectivity index (χ4v) is 3.61. The molecule has 2 rings (SSSR count). The van der Waals surface area contributed by atoms with Gasteiger partial charge in [0.15, 0.2) is 4.34 Å². The van der Waals surface area contributed by atoms with Crippen LogP contribution in [-0.2, 0) is 9.59 Å². The number of hydrogen-bond acceptors (Lipinski definition) is 8. The zero-order chi connectivity index (χ0) is 18.9. The first-order valence-corrected chi connectivity index (χ1v) is 9.50. The van der Waals surface area contributed by atoms with Crippen LogP contribution in [0.25, 0.3) is 0 Å². The van der Waals surface area contributed by atoms with E-state index in [0.29, 0.717) is 28.1 Å². The number of nitrogens with zero attached hydrogens (tertiary/aromatic N) is 4. The molecule has 0 aliphatic heterocycles. The van der Waals surface area contributed by atoms with E-state index in [1.807, 2.05) is 18.2 Å². The molecular formula is C16H18N6O2S2. The molecule has 8 nitrogen and oxygen atoms in total. The van der Waals surface area contributed by atoms with E-state index >= 15 is 0 Å². The van der Waals surface area contributed by atoms with Crippen molar-refractivity contribution in [2.45, 2.75) is 17.7 Å². The highest BCUT2D eigenvalue weighted by Crippen LogP contribution is 2.28. The maximum atomic E-state index is 11.9. The van der Waals surface area contributed by atoms with Crippen LogP contribution in [0, 0.1) is 11.3 Å². The maximum absolute atomic E-state index is 11.9. The SMILES string of the molecule is CC(=O)Nc1cccc(Nc2nnc(SCC(=O)N(C)CCC#N)s2)c1. The Kier molecular flexibility index (Phi) is 7.37. The second kappa shape index (κ2) is 9.74. The van der Waals surface area contributed by atoms with Crippen LogP contribution in [0.2, 0.25) is 0 Å². The van der Waals surface area contributed by atoms with Crippen LogP contribution in [0.1, 0.15) is 13.3 Å². The number of anilines is 3. The Labute approximate surface area is 159 Å². The number of benzene rings is 1. The molecule has 1 aromatic carbocycles. The predicted molar refractivity (Wildman–Crippen MR) is 103 cm³/mol. The van der Waals surface area contributed by atoms with Crippen molar-refractivity contribution in [1.82, 2.24) is 15.1 Å². The van der Waals surface area contributed by atoms with Crippen LogP contribution in [0.3, 0.4) is 0 Å². The van der Waals surface area contributed by atoms with E-state index in [4.69, 9.17) is 5.26 Å². The van der Waals surface area contributed by atoms with E-state index < -0.39 is 0 Å². The highest BCUT2D eigenvalue weighted by molar-refractivity contribution is 8.01. The molecule has 2 amide bonds. The van der Waals surface area contributed by atoms with Gasteiger partial charge in [-0.3, -0.25) is 9.59 Å². The van der Waals surface area contributed by atoms with Gasteiger partial charge in [0.1, 0.15) is 0 Å². The van der Waals surface area contributed by atoms with E-state index in [1.165, 1.54) is 34.9 Å². The largest absolute Gasteiger partial charge is 0.344 e. The molecule has 0 saturated carbocycles. The van der Waals surface area contributed by atoms with Crippen molar-refractivity contribution >= 4 is 51.4 Å². The van der Waals surface area contributed by atoms with Gasteiger partial charge in [0, 0.05) is 31.9 Å². The maximum Gasteiger partial charge on any atom is 0.232 e. The van der Waals surface area contributed by atoms with Gasteiger partial charge in [-0.2, -0.15) is 5.26 Å². The normalized spacial score (nSPS) is 10.0. The number of carbonyl (C=O) groups excluding carboxylic acids is 2. The number of thioether (sulfide) groups is 1. The number of amides is 2. The monoisotopic (exact) mass is 390 g/mol. The lowest BCUT2D eigenvalue weighted by molar-refractivity contribution is -0.127. The fraction of sp³-hybridized carbons (Fsp3) is 0.312. The Morgan fingerprint density at radius 2 is 2.12 bits per heavy atom. The molecule has 0 bridgehead atoms. The van der Waals surface area contributed by atoms with Gasteiger partial charge in [0.05, 0.1) is 18.2 Å². The summed E-state index contributed by atoms with van der Waals surface area (Å²) in [5.41, 5.74) is 1.46. The van der Waals surface area contributed by atoms with Crippen molar-refractivity contribution in [3.05, 3.63) is 24.3 Å².